The molecule has 0 fully saturated rings. The Balaban J connectivity index is 2.04. The quantitative estimate of drug-likeness (QED) is 0.767. The van der Waals surface area contributed by atoms with E-state index in [9.17, 15) is 8.42 Å². The molecule has 20 heavy (non-hydrogen) atoms. The van der Waals surface area contributed by atoms with Gasteiger partial charge in [0.05, 0.1) is 11.6 Å². The molecule has 2 N–H and O–H groups in total. The first-order valence-corrected chi connectivity index (χ1v) is 7.07. The van der Waals surface area contributed by atoms with Crippen LogP contribution in [0.3, 0.4) is 0 Å². The number of hydrogen-bond acceptors (Lipinski definition) is 6. The lowest BCUT2D eigenvalue weighted by Crippen LogP contribution is -2.21. The van der Waals surface area contributed by atoms with Crippen LogP contribution in [0.4, 0.5) is 5.69 Å². The van der Waals surface area contributed by atoms with E-state index in [1.165, 1.54) is 24.5 Å². The van der Waals surface area contributed by atoms with Gasteiger partial charge < -0.3 is 5.73 Å². The molecule has 8 heteroatoms. The number of nitrogens with zero attached hydrogens (tertiary/aromatic N) is 3. The SMILES string of the molecule is Nc1ccnc2c1cnn2OS(=O)(=O)c1ccccc1. The Morgan fingerprint density at radius 3 is 2.65 bits per heavy atom. The van der Waals surface area contributed by atoms with Crippen molar-refractivity contribution < 1.29 is 12.7 Å². The fourth-order valence-electron chi connectivity index (χ4n) is 1.70. The van der Waals surface area contributed by atoms with Gasteiger partial charge in [0.15, 0.2) is 0 Å². The molecule has 0 saturated heterocycles. The minimum absolute atomic E-state index is 0.0348. The third kappa shape index (κ3) is 2.05. The normalized spacial score (nSPS) is 11.6. The Morgan fingerprint density at radius 2 is 1.90 bits per heavy atom. The summed E-state index contributed by atoms with van der Waals surface area (Å²) in [6, 6.07) is 9.39. The Hall–Kier alpha value is -2.61. The van der Waals surface area contributed by atoms with Gasteiger partial charge in [-0.15, -0.1) is 5.10 Å². The van der Waals surface area contributed by atoms with Gasteiger partial charge in [0, 0.05) is 11.9 Å². The van der Waals surface area contributed by atoms with E-state index in [0.29, 0.717) is 11.1 Å². The first kappa shape index (κ1) is 12.4. The largest absolute Gasteiger partial charge is 0.398 e. The van der Waals surface area contributed by atoms with Gasteiger partial charge in [-0.25, -0.2) is 4.98 Å². The molecule has 0 spiro atoms. The molecule has 0 amide bonds. The highest BCUT2D eigenvalue weighted by Crippen LogP contribution is 2.18. The van der Waals surface area contributed by atoms with E-state index in [1.54, 1.807) is 24.3 Å². The van der Waals surface area contributed by atoms with Gasteiger partial charge in [0.1, 0.15) is 4.90 Å². The highest BCUT2D eigenvalue weighted by atomic mass is 32.2. The van der Waals surface area contributed by atoms with E-state index >= 15 is 0 Å². The van der Waals surface area contributed by atoms with Crippen LogP contribution in [-0.2, 0) is 10.1 Å². The molecule has 0 aliphatic heterocycles. The van der Waals surface area contributed by atoms with Gasteiger partial charge in [-0.2, -0.15) is 8.42 Å². The minimum Gasteiger partial charge on any atom is -0.398 e. The predicted molar refractivity (Wildman–Crippen MR) is 72.1 cm³/mol. The van der Waals surface area contributed by atoms with Gasteiger partial charge in [-0.1, -0.05) is 23.0 Å². The van der Waals surface area contributed by atoms with Crippen molar-refractivity contribution in [1.82, 2.24) is 14.9 Å². The number of aromatic nitrogens is 3. The van der Waals surface area contributed by atoms with Crippen LogP contribution in [-0.4, -0.2) is 23.3 Å². The van der Waals surface area contributed by atoms with E-state index in [2.05, 4.69) is 10.1 Å². The van der Waals surface area contributed by atoms with Gasteiger partial charge in [-0.05, 0) is 18.2 Å². The fourth-order valence-corrected chi connectivity index (χ4v) is 2.58. The van der Waals surface area contributed by atoms with Crippen LogP contribution in [0.5, 0.6) is 0 Å². The summed E-state index contributed by atoms with van der Waals surface area (Å²) in [5, 5.41) is 4.36. The van der Waals surface area contributed by atoms with Crippen LogP contribution in [0.2, 0.25) is 0 Å². The molecule has 2 heterocycles. The number of hydrogen-bond donors (Lipinski definition) is 1. The first-order chi connectivity index (χ1) is 9.58. The van der Waals surface area contributed by atoms with Gasteiger partial charge in [-0.3, -0.25) is 4.28 Å². The fraction of sp³-hybridized carbons (Fsp3) is 0. The number of nitrogen functional groups attached to an aromatic ring is 1. The molecular formula is C12H10N4O3S. The summed E-state index contributed by atoms with van der Waals surface area (Å²) >= 11 is 0. The topological polar surface area (TPSA) is 100 Å². The highest BCUT2D eigenvalue weighted by Gasteiger charge is 2.19. The third-order valence-electron chi connectivity index (χ3n) is 2.68. The average Bonchev–Trinajstić information content (AvgIpc) is 2.84. The number of anilines is 1. The summed E-state index contributed by atoms with van der Waals surface area (Å²) < 4.78 is 29.1. The molecule has 3 aromatic rings. The lowest BCUT2D eigenvalue weighted by molar-refractivity contribution is 0.250. The molecule has 0 unspecified atom stereocenters. The zero-order valence-electron chi connectivity index (χ0n) is 10.2. The van der Waals surface area contributed by atoms with Gasteiger partial charge in [0.25, 0.3) is 0 Å². The Morgan fingerprint density at radius 1 is 1.15 bits per heavy atom. The number of rotatable bonds is 3. The van der Waals surface area contributed by atoms with E-state index < -0.39 is 10.1 Å². The van der Waals surface area contributed by atoms with E-state index in [-0.39, 0.29) is 10.5 Å². The maximum atomic E-state index is 12.1. The van der Waals surface area contributed by atoms with Crippen LogP contribution < -0.4 is 10.0 Å². The maximum absolute atomic E-state index is 12.1. The molecule has 7 nitrogen and oxygen atoms in total. The summed E-state index contributed by atoms with van der Waals surface area (Å²) in [6.07, 6.45) is 2.85. The Labute approximate surface area is 114 Å². The molecule has 0 bridgehead atoms. The predicted octanol–water partition coefficient (Wildman–Crippen LogP) is 0.831. The molecule has 0 saturated carbocycles. The second-order valence-electron chi connectivity index (χ2n) is 4.00. The smallest absolute Gasteiger partial charge is 0.358 e. The monoisotopic (exact) mass is 290 g/mol. The molecule has 2 aromatic heterocycles. The van der Waals surface area contributed by atoms with Crippen LogP contribution >= 0.6 is 0 Å². The van der Waals surface area contributed by atoms with Crippen molar-refractivity contribution in [2.45, 2.75) is 4.90 Å². The molecule has 0 radical (unpaired) electrons. The van der Waals surface area contributed by atoms with Crippen LogP contribution in [0, 0.1) is 0 Å². The van der Waals surface area contributed by atoms with Crippen LogP contribution in [0.1, 0.15) is 0 Å². The number of nitrogens with two attached hydrogens (primary N) is 1. The van der Waals surface area contributed by atoms with Crippen molar-refractivity contribution >= 4 is 26.8 Å². The lowest BCUT2D eigenvalue weighted by Gasteiger charge is -2.06. The molecule has 1 aromatic carbocycles. The zero-order chi connectivity index (χ0) is 14.2. The zero-order valence-corrected chi connectivity index (χ0v) is 11.0. The summed E-state index contributed by atoms with van der Waals surface area (Å²) in [6.45, 7) is 0. The summed E-state index contributed by atoms with van der Waals surface area (Å²) in [7, 11) is -3.97. The standard InChI is InChI=1S/C12H10N4O3S/c13-11-6-7-14-12-10(11)8-15-16(12)19-20(17,18)9-4-2-1-3-5-9/h1-8H,(H2,13,14). The number of fused-ring (bicyclic) bond motifs is 1. The molecule has 0 aliphatic rings. The Bertz CT molecular complexity index is 859. The van der Waals surface area contributed by atoms with Crippen molar-refractivity contribution in [2.24, 2.45) is 0 Å². The third-order valence-corrected chi connectivity index (χ3v) is 3.86. The van der Waals surface area contributed by atoms with E-state index in [1.807, 2.05) is 0 Å². The maximum Gasteiger partial charge on any atom is 0.358 e. The number of benzene rings is 1. The summed E-state index contributed by atoms with van der Waals surface area (Å²) in [5.41, 5.74) is 6.43. The summed E-state index contributed by atoms with van der Waals surface area (Å²) in [5.74, 6) is 0. The summed E-state index contributed by atoms with van der Waals surface area (Å²) in [4.78, 5) is 4.89. The second kappa shape index (κ2) is 4.49. The minimum atomic E-state index is -3.97. The van der Waals surface area contributed by atoms with Crippen LogP contribution in [0.25, 0.3) is 11.0 Å². The van der Waals surface area contributed by atoms with Gasteiger partial charge in [0.2, 0.25) is 5.65 Å². The highest BCUT2D eigenvalue weighted by molar-refractivity contribution is 7.87. The molecular weight excluding hydrogens is 280 g/mol. The molecule has 3 rings (SSSR count). The van der Waals surface area contributed by atoms with Gasteiger partial charge >= 0.3 is 10.1 Å². The number of pyridine rings is 1. The van der Waals surface area contributed by atoms with E-state index in [4.69, 9.17) is 10.0 Å². The van der Waals surface area contributed by atoms with Crippen molar-refractivity contribution in [3.05, 3.63) is 48.8 Å². The molecule has 102 valence electrons. The average molecular weight is 290 g/mol. The van der Waals surface area contributed by atoms with E-state index in [0.717, 1.165) is 4.85 Å². The second-order valence-corrected chi connectivity index (χ2v) is 5.53. The molecule has 0 atom stereocenters. The molecule has 0 aliphatic carbocycles. The first-order valence-electron chi connectivity index (χ1n) is 5.66. The van der Waals surface area contributed by atoms with Crippen LogP contribution in [0.15, 0.2) is 53.7 Å². The van der Waals surface area contributed by atoms with Crippen molar-refractivity contribution in [3.8, 4) is 0 Å². The lowest BCUT2D eigenvalue weighted by atomic mass is 10.3. The Kier molecular flexibility index (Phi) is 2.79. The van der Waals surface area contributed by atoms with Crippen molar-refractivity contribution in [1.29, 1.82) is 0 Å². The van der Waals surface area contributed by atoms with Crippen molar-refractivity contribution in [3.63, 3.8) is 0 Å². The van der Waals surface area contributed by atoms with Crippen molar-refractivity contribution in [2.75, 3.05) is 5.73 Å².